The van der Waals surface area contributed by atoms with Gasteiger partial charge in [0.2, 0.25) is 0 Å². The molecule has 0 bridgehead atoms. The summed E-state index contributed by atoms with van der Waals surface area (Å²) in [5, 5.41) is 35.7. The van der Waals surface area contributed by atoms with E-state index in [4.69, 9.17) is 10.2 Å². The maximum absolute atomic E-state index is 9.63. The van der Waals surface area contributed by atoms with E-state index in [1.54, 1.807) is 0 Å². The number of hydrogen-bond acceptors (Lipinski definition) is 6. The SMILES string of the molecule is O=C([O-])[C@@H](O)[C@@H](O)C(=O)[O-].[Ca+2]. The molecule has 0 radical (unpaired) electrons. The Bertz CT molecular complexity index is 139. The summed E-state index contributed by atoms with van der Waals surface area (Å²) in [6, 6.07) is 0. The zero-order valence-corrected chi connectivity index (χ0v) is 7.60. The predicted octanol–water partition coefficient (Wildman–Crippen LogP) is -5.17. The summed E-state index contributed by atoms with van der Waals surface area (Å²) in [4.78, 5) is 19.3. The van der Waals surface area contributed by atoms with E-state index in [0.29, 0.717) is 0 Å². The molecule has 11 heavy (non-hydrogen) atoms. The fraction of sp³-hybridized carbons (Fsp3) is 0.500. The minimum absolute atomic E-state index is 0. The Balaban J connectivity index is 0. The van der Waals surface area contributed by atoms with Crippen molar-refractivity contribution in [3.63, 3.8) is 0 Å². The molecule has 0 aromatic heterocycles. The second-order valence-electron chi connectivity index (χ2n) is 1.53. The van der Waals surface area contributed by atoms with Crippen LogP contribution in [0.3, 0.4) is 0 Å². The van der Waals surface area contributed by atoms with Gasteiger partial charge >= 0.3 is 37.7 Å². The Labute approximate surface area is 91.4 Å². The molecule has 0 aromatic rings. The molecule has 0 saturated heterocycles. The van der Waals surface area contributed by atoms with E-state index in [-0.39, 0.29) is 37.7 Å². The van der Waals surface area contributed by atoms with E-state index in [0.717, 1.165) is 0 Å². The number of aliphatic hydroxyl groups is 2. The molecule has 0 saturated carbocycles. The number of carbonyl (C=O) groups is 2. The van der Waals surface area contributed by atoms with E-state index in [1.807, 2.05) is 0 Å². The maximum atomic E-state index is 9.63. The third-order valence-electron chi connectivity index (χ3n) is 0.782. The van der Waals surface area contributed by atoms with Crippen LogP contribution in [-0.4, -0.2) is 72.1 Å². The van der Waals surface area contributed by atoms with Crippen molar-refractivity contribution in [3.8, 4) is 0 Å². The van der Waals surface area contributed by atoms with Gasteiger partial charge in [-0.2, -0.15) is 0 Å². The standard InChI is InChI=1S/C4H6O6.Ca/c5-1(3(7)8)2(6)4(9)10;/h1-2,5-6H,(H,7,8)(H,9,10);/q;+2/p-2/t1-,2+;. The van der Waals surface area contributed by atoms with Crippen LogP contribution in [0.15, 0.2) is 0 Å². The number of hydrogen-bond donors (Lipinski definition) is 2. The third-order valence-corrected chi connectivity index (χ3v) is 0.782. The van der Waals surface area contributed by atoms with Gasteiger partial charge in [0.15, 0.2) is 0 Å². The van der Waals surface area contributed by atoms with E-state index in [1.165, 1.54) is 0 Å². The van der Waals surface area contributed by atoms with Gasteiger partial charge in [-0.15, -0.1) is 0 Å². The van der Waals surface area contributed by atoms with Crippen LogP contribution in [0.25, 0.3) is 0 Å². The van der Waals surface area contributed by atoms with Gasteiger partial charge in [0, 0.05) is 0 Å². The predicted molar refractivity (Wildman–Crippen MR) is 27.8 cm³/mol. The zero-order valence-electron chi connectivity index (χ0n) is 5.39. The summed E-state index contributed by atoms with van der Waals surface area (Å²) in [5.41, 5.74) is 0. The van der Waals surface area contributed by atoms with Crippen LogP contribution in [0.4, 0.5) is 0 Å². The Kier molecular flexibility index (Phi) is 7.13. The van der Waals surface area contributed by atoms with E-state index in [2.05, 4.69) is 0 Å². The van der Waals surface area contributed by atoms with E-state index in [9.17, 15) is 19.8 Å². The van der Waals surface area contributed by atoms with Crippen molar-refractivity contribution in [1.29, 1.82) is 0 Å². The first-order valence-corrected chi connectivity index (χ1v) is 2.24. The molecule has 2 N–H and O–H groups in total. The molecular weight excluding hydrogens is 184 g/mol. The largest absolute Gasteiger partial charge is 2.00 e. The molecule has 0 aliphatic carbocycles. The molecule has 2 atom stereocenters. The first kappa shape index (κ1) is 13.7. The van der Waals surface area contributed by atoms with Crippen molar-refractivity contribution >= 4 is 49.7 Å². The fourth-order valence-electron chi connectivity index (χ4n) is 0.258. The number of rotatable bonds is 3. The summed E-state index contributed by atoms with van der Waals surface area (Å²) >= 11 is 0. The Morgan fingerprint density at radius 2 is 1.18 bits per heavy atom. The molecule has 0 rings (SSSR count). The second kappa shape index (κ2) is 5.73. The van der Waals surface area contributed by atoms with Crippen LogP contribution in [0, 0.1) is 0 Å². The van der Waals surface area contributed by atoms with Crippen LogP contribution in [0.2, 0.25) is 0 Å². The molecule has 0 unspecified atom stereocenters. The molecule has 58 valence electrons. The Morgan fingerprint density at radius 3 is 1.27 bits per heavy atom. The van der Waals surface area contributed by atoms with Crippen LogP contribution in [0.5, 0.6) is 0 Å². The second-order valence-corrected chi connectivity index (χ2v) is 1.53. The number of aliphatic carboxylic acids is 2. The molecule has 0 aliphatic rings. The Hall–Kier alpha value is 0.120. The Morgan fingerprint density at radius 1 is 1.00 bits per heavy atom. The van der Waals surface area contributed by atoms with Gasteiger partial charge in [-0.1, -0.05) is 0 Å². The third kappa shape index (κ3) is 4.54. The fourth-order valence-corrected chi connectivity index (χ4v) is 0.258. The quantitative estimate of drug-likeness (QED) is 0.427. The average molecular weight is 188 g/mol. The molecule has 0 fully saturated rings. The summed E-state index contributed by atoms with van der Waals surface area (Å²) in [5.74, 6) is -4.12. The van der Waals surface area contributed by atoms with Crippen LogP contribution < -0.4 is 10.2 Å². The molecule has 7 heteroatoms. The van der Waals surface area contributed by atoms with Gasteiger partial charge in [-0.05, 0) is 0 Å². The smallest absolute Gasteiger partial charge is 0.547 e. The topological polar surface area (TPSA) is 121 Å². The van der Waals surface area contributed by atoms with Crippen molar-refractivity contribution in [3.05, 3.63) is 0 Å². The van der Waals surface area contributed by atoms with Crippen molar-refractivity contribution in [2.75, 3.05) is 0 Å². The maximum Gasteiger partial charge on any atom is 2.00 e. The monoisotopic (exact) mass is 188 g/mol. The summed E-state index contributed by atoms with van der Waals surface area (Å²) in [6.45, 7) is 0. The molecule has 0 amide bonds. The first-order valence-electron chi connectivity index (χ1n) is 2.24. The van der Waals surface area contributed by atoms with Gasteiger partial charge in [0.05, 0.1) is 11.9 Å². The first-order chi connectivity index (χ1) is 4.46. The molecular formula is C4H4CaO6. The molecule has 0 aliphatic heterocycles. The van der Waals surface area contributed by atoms with Crippen LogP contribution >= 0.6 is 0 Å². The molecule has 0 heterocycles. The minimum Gasteiger partial charge on any atom is -0.547 e. The normalized spacial score (nSPS) is 14.4. The molecule has 0 aromatic carbocycles. The van der Waals surface area contributed by atoms with E-state index >= 15 is 0 Å². The van der Waals surface area contributed by atoms with Crippen molar-refractivity contribution < 1.29 is 30.0 Å². The summed E-state index contributed by atoms with van der Waals surface area (Å²) in [7, 11) is 0. The van der Waals surface area contributed by atoms with E-state index < -0.39 is 24.1 Å². The zero-order chi connectivity index (χ0) is 8.31. The molecule has 6 nitrogen and oxygen atoms in total. The number of carboxylic acid groups (broad SMARTS) is 2. The summed E-state index contributed by atoms with van der Waals surface area (Å²) < 4.78 is 0. The minimum atomic E-state index is -2.44. The number of carboxylic acids is 2. The number of aliphatic hydroxyl groups excluding tert-OH is 2. The van der Waals surface area contributed by atoms with Crippen molar-refractivity contribution in [1.82, 2.24) is 0 Å². The van der Waals surface area contributed by atoms with Crippen molar-refractivity contribution in [2.45, 2.75) is 12.2 Å². The van der Waals surface area contributed by atoms with Gasteiger partial charge in [-0.3, -0.25) is 0 Å². The summed E-state index contributed by atoms with van der Waals surface area (Å²) in [6.07, 6.45) is -4.88. The van der Waals surface area contributed by atoms with Crippen LogP contribution in [0.1, 0.15) is 0 Å². The van der Waals surface area contributed by atoms with Crippen LogP contribution in [-0.2, 0) is 9.59 Å². The van der Waals surface area contributed by atoms with Gasteiger partial charge in [0.25, 0.3) is 0 Å². The molecule has 0 spiro atoms. The van der Waals surface area contributed by atoms with Gasteiger partial charge in [0.1, 0.15) is 12.2 Å². The van der Waals surface area contributed by atoms with Gasteiger partial charge < -0.3 is 30.0 Å². The van der Waals surface area contributed by atoms with Gasteiger partial charge in [-0.25, -0.2) is 0 Å². The average Bonchev–Trinajstić information content (AvgIpc) is 1.84. The van der Waals surface area contributed by atoms with Crippen molar-refractivity contribution in [2.24, 2.45) is 0 Å². The number of carbonyl (C=O) groups excluding carboxylic acids is 2.